The number of aromatic nitrogens is 1. The zero-order valence-corrected chi connectivity index (χ0v) is 17.3. The molecule has 0 unspecified atom stereocenters. The van der Waals surface area contributed by atoms with Crippen LogP contribution >= 0.6 is 27.3 Å². The molecule has 0 spiro atoms. The van der Waals surface area contributed by atoms with Crippen LogP contribution in [0.3, 0.4) is 0 Å². The minimum absolute atomic E-state index is 0.110. The van der Waals surface area contributed by atoms with Gasteiger partial charge in [-0.2, -0.15) is 0 Å². The van der Waals surface area contributed by atoms with Gasteiger partial charge in [-0.25, -0.2) is 4.39 Å². The maximum atomic E-state index is 14.2. The van der Waals surface area contributed by atoms with Gasteiger partial charge >= 0.3 is 0 Å². The molecule has 1 aliphatic heterocycles. The topological polar surface area (TPSA) is 37.3 Å². The molecule has 2 aromatic heterocycles. The van der Waals surface area contributed by atoms with Crippen LogP contribution in [0.15, 0.2) is 40.2 Å². The van der Waals surface area contributed by atoms with E-state index in [0.717, 1.165) is 34.3 Å². The molecular weight excluding hydrogens is 429 g/mol. The first-order valence-corrected chi connectivity index (χ1v) is 10.8. The number of halogens is 2. The molecular formula is C20H21BrFN3OS. The summed E-state index contributed by atoms with van der Waals surface area (Å²) < 4.78 is 18.0. The molecule has 3 aromatic rings. The van der Waals surface area contributed by atoms with Crippen LogP contribution in [-0.4, -0.2) is 41.6 Å². The minimum atomic E-state index is -0.258. The molecule has 1 fully saturated rings. The highest BCUT2D eigenvalue weighted by atomic mass is 79.9. The molecule has 4 nitrogen and oxygen atoms in total. The van der Waals surface area contributed by atoms with E-state index in [4.69, 9.17) is 0 Å². The fourth-order valence-corrected chi connectivity index (χ4v) is 5.30. The normalized spacial score (nSPS) is 14.9. The summed E-state index contributed by atoms with van der Waals surface area (Å²) >= 11 is 5.14. The Morgan fingerprint density at radius 2 is 2.04 bits per heavy atom. The van der Waals surface area contributed by atoms with Crippen molar-refractivity contribution in [3.8, 4) is 0 Å². The molecule has 27 heavy (non-hydrogen) atoms. The third kappa shape index (κ3) is 3.95. The number of likely N-dealkylation sites (tertiary alicyclic amines) is 1. The average molecular weight is 450 g/mol. The minimum Gasteiger partial charge on any atom is -0.349 e. The van der Waals surface area contributed by atoms with E-state index in [9.17, 15) is 9.18 Å². The lowest BCUT2D eigenvalue weighted by atomic mass is 10.2. The van der Waals surface area contributed by atoms with E-state index in [2.05, 4.69) is 26.1 Å². The van der Waals surface area contributed by atoms with Crippen LogP contribution in [0.5, 0.6) is 0 Å². The lowest BCUT2D eigenvalue weighted by Gasteiger charge is -2.16. The highest BCUT2D eigenvalue weighted by molar-refractivity contribution is 9.10. The fourth-order valence-electron chi connectivity index (χ4n) is 3.61. The Bertz CT molecular complexity index is 961. The summed E-state index contributed by atoms with van der Waals surface area (Å²) in [5.74, 6) is -0.369. The number of rotatable bonds is 6. The SMILES string of the molecule is O=C(NCCN1CCCC1)c1cc2scc(Br)c2n1Cc1ccccc1F. The second kappa shape index (κ2) is 8.12. The van der Waals surface area contributed by atoms with Gasteiger partial charge in [0.25, 0.3) is 5.91 Å². The van der Waals surface area contributed by atoms with Gasteiger partial charge in [-0.05, 0) is 54.0 Å². The van der Waals surface area contributed by atoms with Gasteiger partial charge in [0.15, 0.2) is 0 Å². The Hall–Kier alpha value is -1.70. The maximum Gasteiger partial charge on any atom is 0.268 e. The first-order chi connectivity index (χ1) is 13.1. The summed E-state index contributed by atoms with van der Waals surface area (Å²) in [6.45, 7) is 4.04. The van der Waals surface area contributed by atoms with Gasteiger partial charge < -0.3 is 14.8 Å². The monoisotopic (exact) mass is 449 g/mol. The number of hydrogen-bond donors (Lipinski definition) is 1. The predicted octanol–water partition coefficient (Wildman–Crippen LogP) is 4.48. The summed E-state index contributed by atoms with van der Waals surface area (Å²) in [6, 6.07) is 8.61. The van der Waals surface area contributed by atoms with Crippen LogP contribution in [0, 0.1) is 5.82 Å². The maximum absolute atomic E-state index is 14.2. The van der Waals surface area contributed by atoms with E-state index in [1.807, 2.05) is 22.1 Å². The van der Waals surface area contributed by atoms with Crippen molar-refractivity contribution in [1.29, 1.82) is 0 Å². The van der Waals surface area contributed by atoms with E-state index in [1.54, 1.807) is 23.5 Å². The highest BCUT2D eigenvalue weighted by Gasteiger charge is 2.20. The summed E-state index contributed by atoms with van der Waals surface area (Å²) in [6.07, 6.45) is 2.48. The van der Waals surface area contributed by atoms with E-state index < -0.39 is 0 Å². The average Bonchev–Trinajstić information content (AvgIpc) is 3.37. The molecule has 1 aliphatic rings. The number of fused-ring (bicyclic) bond motifs is 1. The summed E-state index contributed by atoms with van der Waals surface area (Å²) in [7, 11) is 0. The first-order valence-electron chi connectivity index (χ1n) is 9.13. The quantitative estimate of drug-likeness (QED) is 0.602. The van der Waals surface area contributed by atoms with E-state index >= 15 is 0 Å². The Morgan fingerprint density at radius 1 is 1.26 bits per heavy atom. The van der Waals surface area contributed by atoms with Crippen LogP contribution < -0.4 is 5.32 Å². The van der Waals surface area contributed by atoms with Crippen molar-refractivity contribution >= 4 is 43.4 Å². The third-order valence-electron chi connectivity index (χ3n) is 5.01. The van der Waals surface area contributed by atoms with Crippen LogP contribution in [0.4, 0.5) is 4.39 Å². The van der Waals surface area contributed by atoms with Gasteiger partial charge in [0, 0.05) is 24.0 Å². The lowest BCUT2D eigenvalue weighted by molar-refractivity contribution is 0.0941. The van der Waals surface area contributed by atoms with Crippen molar-refractivity contribution in [3.05, 3.63) is 57.3 Å². The summed E-state index contributed by atoms with van der Waals surface area (Å²) in [4.78, 5) is 15.2. The number of benzene rings is 1. The standard InChI is InChI=1S/C20H21BrFN3OS/c21-15-13-27-18-11-17(20(26)23-7-10-24-8-3-4-9-24)25(19(15)18)12-14-5-1-2-6-16(14)22/h1-2,5-6,11,13H,3-4,7-10,12H2,(H,23,26). The zero-order chi connectivity index (χ0) is 18.8. The fraction of sp³-hybridized carbons (Fsp3) is 0.350. The van der Waals surface area contributed by atoms with Gasteiger partial charge in [0.05, 0.1) is 21.2 Å². The van der Waals surface area contributed by atoms with Crippen LogP contribution in [0.1, 0.15) is 28.9 Å². The second-order valence-electron chi connectivity index (χ2n) is 6.81. The Labute approximate surface area is 170 Å². The molecule has 1 saturated heterocycles. The summed E-state index contributed by atoms with van der Waals surface area (Å²) in [5, 5.41) is 5.03. The van der Waals surface area contributed by atoms with E-state index in [1.165, 1.54) is 18.9 Å². The molecule has 0 atom stereocenters. The van der Waals surface area contributed by atoms with Crippen molar-refractivity contribution in [1.82, 2.24) is 14.8 Å². The van der Waals surface area contributed by atoms with Crippen molar-refractivity contribution in [2.45, 2.75) is 19.4 Å². The van der Waals surface area contributed by atoms with Crippen LogP contribution in [-0.2, 0) is 6.54 Å². The van der Waals surface area contributed by atoms with Crippen molar-refractivity contribution in [2.75, 3.05) is 26.2 Å². The van der Waals surface area contributed by atoms with Crippen LogP contribution in [0.25, 0.3) is 10.2 Å². The Balaban J connectivity index is 1.58. The van der Waals surface area contributed by atoms with Crippen LogP contribution in [0.2, 0.25) is 0 Å². The highest BCUT2D eigenvalue weighted by Crippen LogP contribution is 2.34. The number of thiophene rings is 1. The lowest BCUT2D eigenvalue weighted by Crippen LogP contribution is -2.34. The molecule has 0 radical (unpaired) electrons. The number of carbonyl (C=O) groups is 1. The van der Waals surface area contributed by atoms with Gasteiger partial charge in [-0.15, -0.1) is 11.3 Å². The molecule has 3 heterocycles. The van der Waals surface area contributed by atoms with E-state index in [-0.39, 0.29) is 11.7 Å². The molecule has 0 bridgehead atoms. The molecule has 0 saturated carbocycles. The number of carbonyl (C=O) groups excluding carboxylic acids is 1. The van der Waals surface area contributed by atoms with Gasteiger partial charge in [-0.3, -0.25) is 4.79 Å². The molecule has 1 aromatic carbocycles. The Morgan fingerprint density at radius 3 is 2.81 bits per heavy atom. The number of nitrogens with one attached hydrogen (secondary N) is 1. The second-order valence-corrected chi connectivity index (χ2v) is 8.57. The van der Waals surface area contributed by atoms with Gasteiger partial charge in [0.1, 0.15) is 11.5 Å². The van der Waals surface area contributed by atoms with Crippen molar-refractivity contribution in [2.24, 2.45) is 0 Å². The number of nitrogens with zero attached hydrogens (tertiary/aromatic N) is 2. The molecule has 4 rings (SSSR count). The summed E-state index contributed by atoms with van der Waals surface area (Å²) in [5.41, 5.74) is 2.08. The number of amides is 1. The van der Waals surface area contributed by atoms with Crippen molar-refractivity contribution in [3.63, 3.8) is 0 Å². The van der Waals surface area contributed by atoms with Gasteiger partial charge in [-0.1, -0.05) is 18.2 Å². The number of hydrogen-bond acceptors (Lipinski definition) is 3. The van der Waals surface area contributed by atoms with Crippen molar-refractivity contribution < 1.29 is 9.18 Å². The predicted molar refractivity (Wildman–Crippen MR) is 111 cm³/mol. The molecule has 7 heteroatoms. The van der Waals surface area contributed by atoms with E-state index in [0.29, 0.717) is 24.3 Å². The smallest absolute Gasteiger partial charge is 0.268 e. The Kier molecular flexibility index (Phi) is 5.61. The molecule has 142 valence electrons. The molecule has 1 N–H and O–H groups in total. The zero-order valence-electron chi connectivity index (χ0n) is 14.9. The third-order valence-corrected chi connectivity index (χ3v) is 6.83. The molecule has 1 amide bonds. The molecule has 0 aliphatic carbocycles. The first kappa shape index (κ1) is 18.7. The largest absolute Gasteiger partial charge is 0.349 e. The van der Waals surface area contributed by atoms with Gasteiger partial charge in [0.2, 0.25) is 0 Å².